The minimum Gasteiger partial charge on any atom is -0.365 e. The third kappa shape index (κ3) is 4.19. The van der Waals surface area contributed by atoms with Crippen molar-refractivity contribution in [2.75, 3.05) is 16.8 Å². The average Bonchev–Trinajstić information content (AvgIpc) is 2.76. The molecule has 31 heavy (non-hydrogen) atoms. The lowest BCUT2D eigenvalue weighted by molar-refractivity contribution is 0.146. The maximum absolute atomic E-state index is 14.4. The van der Waals surface area contributed by atoms with E-state index in [1.807, 2.05) is 11.8 Å². The number of hydrogen-bond donors (Lipinski definition) is 1. The smallest absolute Gasteiger partial charge is 0.266 e. The summed E-state index contributed by atoms with van der Waals surface area (Å²) in [6.07, 6.45) is -0.0301. The second kappa shape index (κ2) is 8.74. The van der Waals surface area contributed by atoms with E-state index >= 15 is 0 Å². The Balaban J connectivity index is 1.78. The van der Waals surface area contributed by atoms with E-state index in [9.17, 15) is 18.0 Å². The fraction of sp³-hybridized carbons (Fsp3) is 0.318. The first-order valence-corrected chi connectivity index (χ1v) is 11.0. The Morgan fingerprint density at radius 2 is 2.10 bits per heavy atom. The zero-order chi connectivity index (χ0) is 22.1. The standard InChI is InChI=1S/C22H21F3N4OS/c1-12-27-20(26-11-14-4-3-5-15(18(14)23)19(24)25)17-10-16(13-6-8-31-9-7-13)22(30)29(2)21(17)28-12/h3-6,10,19H,7-9,11H2,1-2H3,(H,26,27,28). The van der Waals surface area contributed by atoms with Crippen molar-refractivity contribution >= 4 is 34.2 Å². The molecule has 4 rings (SSSR count). The molecule has 0 unspecified atom stereocenters. The molecule has 0 amide bonds. The number of nitrogens with zero attached hydrogens (tertiary/aromatic N) is 3. The number of alkyl halides is 2. The van der Waals surface area contributed by atoms with Crippen molar-refractivity contribution in [3.05, 3.63) is 69.0 Å². The van der Waals surface area contributed by atoms with Gasteiger partial charge in [-0.05, 0) is 30.7 Å². The Morgan fingerprint density at radius 1 is 1.29 bits per heavy atom. The van der Waals surface area contributed by atoms with E-state index < -0.39 is 17.8 Å². The van der Waals surface area contributed by atoms with Crippen molar-refractivity contribution in [1.29, 1.82) is 0 Å². The lowest BCUT2D eigenvalue weighted by atomic mass is 10.0. The van der Waals surface area contributed by atoms with Crippen molar-refractivity contribution in [2.24, 2.45) is 7.05 Å². The normalized spacial score (nSPS) is 14.2. The number of halogens is 3. The zero-order valence-electron chi connectivity index (χ0n) is 17.1. The average molecular weight is 446 g/mol. The number of hydrogen-bond acceptors (Lipinski definition) is 5. The van der Waals surface area contributed by atoms with Gasteiger partial charge in [0.25, 0.3) is 12.0 Å². The highest BCUT2D eigenvalue weighted by Crippen LogP contribution is 2.29. The largest absolute Gasteiger partial charge is 0.365 e. The molecule has 0 fully saturated rings. The summed E-state index contributed by atoms with van der Waals surface area (Å²) in [6.45, 7) is 1.66. The molecule has 9 heteroatoms. The van der Waals surface area contributed by atoms with Gasteiger partial charge in [0.1, 0.15) is 23.1 Å². The molecule has 1 aliphatic heterocycles. The van der Waals surface area contributed by atoms with Crippen LogP contribution in [0.1, 0.15) is 35.4 Å². The van der Waals surface area contributed by atoms with E-state index in [4.69, 9.17) is 0 Å². The van der Waals surface area contributed by atoms with Crippen LogP contribution in [0.2, 0.25) is 0 Å². The van der Waals surface area contributed by atoms with Gasteiger partial charge in [-0.15, -0.1) is 0 Å². The van der Waals surface area contributed by atoms with Gasteiger partial charge < -0.3 is 5.32 Å². The molecule has 162 valence electrons. The summed E-state index contributed by atoms with van der Waals surface area (Å²) in [5.74, 6) is 1.73. The topological polar surface area (TPSA) is 59.8 Å². The molecule has 0 aliphatic carbocycles. The lowest BCUT2D eigenvalue weighted by Gasteiger charge is -2.17. The maximum atomic E-state index is 14.4. The van der Waals surface area contributed by atoms with Crippen LogP contribution in [0.3, 0.4) is 0 Å². The summed E-state index contributed by atoms with van der Waals surface area (Å²) in [6, 6.07) is 5.70. The van der Waals surface area contributed by atoms with E-state index in [0.717, 1.165) is 29.6 Å². The number of nitrogens with one attached hydrogen (secondary N) is 1. The summed E-state index contributed by atoms with van der Waals surface area (Å²) in [4.78, 5) is 21.8. The van der Waals surface area contributed by atoms with Crippen LogP contribution in [-0.2, 0) is 13.6 Å². The number of fused-ring (bicyclic) bond motifs is 1. The molecule has 3 heterocycles. The molecule has 0 saturated carbocycles. The number of benzene rings is 1. The molecular weight excluding hydrogens is 425 g/mol. The number of thioether (sulfide) groups is 1. The molecule has 2 aromatic heterocycles. The number of allylic oxidation sites excluding steroid dienone is 1. The first kappa shape index (κ1) is 21.4. The number of aromatic nitrogens is 3. The molecule has 1 N–H and O–H groups in total. The van der Waals surface area contributed by atoms with Gasteiger partial charge in [0, 0.05) is 30.5 Å². The minimum absolute atomic E-state index is 0.0323. The van der Waals surface area contributed by atoms with Crippen LogP contribution in [0.25, 0.3) is 16.6 Å². The molecule has 5 nitrogen and oxygen atoms in total. The number of anilines is 1. The van der Waals surface area contributed by atoms with Gasteiger partial charge in [-0.1, -0.05) is 24.3 Å². The second-order valence-corrected chi connectivity index (χ2v) is 8.46. The van der Waals surface area contributed by atoms with E-state index in [-0.39, 0.29) is 17.7 Å². The van der Waals surface area contributed by atoms with Gasteiger partial charge in [0.2, 0.25) is 0 Å². The molecule has 0 atom stereocenters. The first-order chi connectivity index (χ1) is 14.9. The fourth-order valence-electron chi connectivity index (χ4n) is 3.66. The summed E-state index contributed by atoms with van der Waals surface area (Å²) in [5.41, 5.74) is 1.39. The molecule has 0 bridgehead atoms. The van der Waals surface area contributed by atoms with E-state index in [1.54, 1.807) is 20.0 Å². The summed E-state index contributed by atoms with van der Waals surface area (Å²) < 4.78 is 42.0. The van der Waals surface area contributed by atoms with Gasteiger partial charge >= 0.3 is 0 Å². The molecule has 0 radical (unpaired) electrons. The predicted molar refractivity (Wildman–Crippen MR) is 118 cm³/mol. The van der Waals surface area contributed by atoms with Crippen LogP contribution >= 0.6 is 11.8 Å². The van der Waals surface area contributed by atoms with Crippen LogP contribution in [0.15, 0.2) is 35.1 Å². The van der Waals surface area contributed by atoms with E-state index in [1.165, 1.54) is 16.7 Å². The molecule has 0 spiro atoms. The van der Waals surface area contributed by atoms with Gasteiger partial charge in [-0.2, -0.15) is 11.8 Å². The van der Waals surface area contributed by atoms with E-state index in [0.29, 0.717) is 28.2 Å². The third-order valence-electron chi connectivity index (χ3n) is 5.28. The van der Waals surface area contributed by atoms with Crippen LogP contribution in [0, 0.1) is 12.7 Å². The molecular formula is C22H21F3N4OS. The second-order valence-electron chi connectivity index (χ2n) is 7.31. The number of pyridine rings is 1. The van der Waals surface area contributed by atoms with Crippen LogP contribution in [-0.4, -0.2) is 26.0 Å². The lowest BCUT2D eigenvalue weighted by Crippen LogP contribution is -2.23. The van der Waals surface area contributed by atoms with Crippen molar-refractivity contribution in [2.45, 2.75) is 26.3 Å². The van der Waals surface area contributed by atoms with Gasteiger partial charge in [0.15, 0.2) is 0 Å². The van der Waals surface area contributed by atoms with Gasteiger partial charge in [-0.25, -0.2) is 23.1 Å². The van der Waals surface area contributed by atoms with Crippen LogP contribution in [0.4, 0.5) is 19.0 Å². The summed E-state index contributed by atoms with van der Waals surface area (Å²) in [5, 5.41) is 3.67. The first-order valence-electron chi connectivity index (χ1n) is 9.81. The van der Waals surface area contributed by atoms with Crippen molar-refractivity contribution in [1.82, 2.24) is 14.5 Å². The Kier molecular flexibility index (Phi) is 6.04. The highest BCUT2D eigenvalue weighted by Gasteiger charge is 2.19. The Bertz CT molecular complexity index is 1240. The fourth-order valence-corrected chi connectivity index (χ4v) is 4.51. The Labute approximate surface area is 181 Å². The van der Waals surface area contributed by atoms with Crippen molar-refractivity contribution < 1.29 is 13.2 Å². The Hall–Kier alpha value is -2.81. The SMILES string of the molecule is Cc1nc(NCc2cccc(C(F)F)c2F)c2cc(C3=CCSCC3)c(=O)n(C)c2n1. The van der Waals surface area contributed by atoms with E-state index in [2.05, 4.69) is 21.4 Å². The Morgan fingerprint density at radius 3 is 2.81 bits per heavy atom. The highest BCUT2D eigenvalue weighted by atomic mass is 32.2. The molecule has 1 aromatic carbocycles. The monoisotopic (exact) mass is 446 g/mol. The quantitative estimate of drug-likeness (QED) is 0.607. The predicted octanol–water partition coefficient (Wildman–Crippen LogP) is 4.85. The summed E-state index contributed by atoms with van der Waals surface area (Å²) in [7, 11) is 1.66. The van der Waals surface area contributed by atoms with Crippen LogP contribution < -0.4 is 10.9 Å². The number of aryl methyl sites for hydroxylation is 2. The summed E-state index contributed by atoms with van der Waals surface area (Å²) >= 11 is 1.81. The molecule has 0 saturated heterocycles. The number of rotatable bonds is 5. The maximum Gasteiger partial charge on any atom is 0.266 e. The zero-order valence-corrected chi connectivity index (χ0v) is 17.9. The van der Waals surface area contributed by atoms with Gasteiger partial charge in [0.05, 0.1) is 10.9 Å². The highest BCUT2D eigenvalue weighted by molar-refractivity contribution is 7.99. The van der Waals surface area contributed by atoms with Crippen LogP contribution in [0.5, 0.6) is 0 Å². The molecule has 3 aromatic rings. The minimum atomic E-state index is -2.89. The van der Waals surface area contributed by atoms with Crippen molar-refractivity contribution in [3.63, 3.8) is 0 Å². The third-order valence-corrected chi connectivity index (χ3v) is 6.17. The van der Waals surface area contributed by atoms with Crippen molar-refractivity contribution in [3.8, 4) is 0 Å². The van der Waals surface area contributed by atoms with Gasteiger partial charge in [-0.3, -0.25) is 9.36 Å². The molecule has 1 aliphatic rings.